The highest BCUT2D eigenvalue weighted by Gasteiger charge is 2.23. The van der Waals surface area contributed by atoms with E-state index >= 15 is 0 Å². The molecule has 0 atom stereocenters. The molecule has 1 aliphatic carbocycles. The number of nitrogens with two attached hydrogens (primary N) is 1. The summed E-state index contributed by atoms with van der Waals surface area (Å²) in [5.41, 5.74) is 6.78. The van der Waals surface area contributed by atoms with Crippen molar-refractivity contribution in [3.05, 3.63) is 11.3 Å². The van der Waals surface area contributed by atoms with Gasteiger partial charge in [0, 0.05) is 11.7 Å². The van der Waals surface area contributed by atoms with Crippen LogP contribution in [0.4, 0.5) is 5.82 Å². The number of nitrogens with one attached hydrogen (secondary N) is 2. The van der Waals surface area contributed by atoms with Gasteiger partial charge in [0.05, 0.1) is 0 Å². The fraction of sp³-hybridized carbons (Fsp3) is 0.556. The number of aryl methyl sites for hydroxylation is 1. The smallest absolute Gasteiger partial charge is 0.257 e. The van der Waals surface area contributed by atoms with Gasteiger partial charge >= 0.3 is 0 Å². The molecule has 0 aliphatic heterocycles. The van der Waals surface area contributed by atoms with Gasteiger partial charge in [0.1, 0.15) is 5.56 Å². The average molecular weight is 194 g/mol. The first-order valence-electron chi connectivity index (χ1n) is 4.80. The monoisotopic (exact) mass is 194 g/mol. The summed E-state index contributed by atoms with van der Waals surface area (Å²) in [5, 5.41) is 9.39. The van der Waals surface area contributed by atoms with E-state index < -0.39 is 0 Å². The largest absolute Gasteiger partial charge is 0.382 e. The molecule has 0 bridgehead atoms. The van der Waals surface area contributed by atoms with E-state index in [-0.39, 0.29) is 11.7 Å². The maximum Gasteiger partial charge on any atom is 0.257 e. The molecule has 5 nitrogen and oxygen atoms in total. The standard InChI is InChI=1S/C9H14N4O/c1-5-7(8(10)13-12-5)9(14)11-6-3-2-4-6/h6H,2-4H2,1H3,(H,11,14)(H3,10,12,13). The quantitative estimate of drug-likeness (QED) is 0.644. The first kappa shape index (κ1) is 9.05. The highest BCUT2D eigenvalue weighted by atomic mass is 16.1. The molecule has 14 heavy (non-hydrogen) atoms. The Bertz CT molecular complexity index is 334. The van der Waals surface area contributed by atoms with E-state index in [1.165, 1.54) is 6.42 Å². The number of hydrogen-bond acceptors (Lipinski definition) is 3. The van der Waals surface area contributed by atoms with E-state index in [4.69, 9.17) is 5.73 Å². The second-order valence-corrected chi connectivity index (χ2v) is 3.71. The molecule has 0 aromatic carbocycles. The lowest BCUT2D eigenvalue weighted by Gasteiger charge is -2.26. The number of carbonyl (C=O) groups excluding carboxylic acids is 1. The normalized spacial score (nSPS) is 16.4. The summed E-state index contributed by atoms with van der Waals surface area (Å²) >= 11 is 0. The van der Waals surface area contributed by atoms with Gasteiger partial charge < -0.3 is 11.1 Å². The minimum Gasteiger partial charge on any atom is -0.382 e. The van der Waals surface area contributed by atoms with Gasteiger partial charge in [0.15, 0.2) is 5.82 Å². The lowest BCUT2D eigenvalue weighted by molar-refractivity contribution is 0.0917. The van der Waals surface area contributed by atoms with Gasteiger partial charge in [-0.3, -0.25) is 9.89 Å². The van der Waals surface area contributed by atoms with Gasteiger partial charge in [0.2, 0.25) is 0 Å². The van der Waals surface area contributed by atoms with E-state index in [0.29, 0.717) is 11.6 Å². The molecule has 4 N–H and O–H groups in total. The van der Waals surface area contributed by atoms with Crippen LogP contribution in [-0.2, 0) is 0 Å². The summed E-state index contributed by atoms with van der Waals surface area (Å²) in [6.07, 6.45) is 3.34. The fourth-order valence-electron chi connectivity index (χ4n) is 1.54. The van der Waals surface area contributed by atoms with Gasteiger partial charge in [-0.1, -0.05) is 0 Å². The van der Waals surface area contributed by atoms with Crippen molar-refractivity contribution in [2.24, 2.45) is 0 Å². The molecule has 0 radical (unpaired) electrons. The number of amides is 1. The van der Waals surface area contributed by atoms with Gasteiger partial charge in [0.25, 0.3) is 5.91 Å². The van der Waals surface area contributed by atoms with Crippen LogP contribution in [0.1, 0.15) is 35.3 Å². The van der Waals surface area contributed by atoms with E-state index in [9.17, 15) is 4.79 Å². The Hall–Kier alpha value is -1.52. The molecule has 0 unspecified atom stereocenters. The maximum absolute atomic E-state index is 11.7. The van der Waals surface area contributed by atoms with Crippen molar-refractivity contribution in [3.63, 3.8) is 0 Å². The Morgan fingerprint density at radius 3 is 2.79 bits per heavy atom. The molecule has 0 spiro atoms. The molecule has 1 amide bonds. The van der Waals surface area contributed by atoms with Crippen molar-refractivity contribution < 1.29 is 4.79 Å². The number of hydrogen-bond donors (Lipinski definition) is 3. The predicted molar refractivity (Wildman–Crippen MR) is 52.8 cm³/mol. The summed E-state index contributed by atoms with van der Waals surface area (Å²) in [6, 6.07) is 0.330. The van der Waals surface area contributed by atoms with Crippen LogP contribution in [0.25, 0.3) is 0 Å². The van der Waals surface area contributed by atoms with Crippen LogP contribution in [0, 0.1) is 6.92 Å². The first-order valence-corrected chi connectivity index (χ1v) is 4.80. The molecule has 1 fully saturated rings. The number of rotatable bonds is 2. The van der Waals surface area contributed by atoms with Crippen LogP contribution in [0.5, 0.6) is 0 Å². The van der Waals surface area contributed by atoms with Crippen molar-refractivity contribution in [1.29, 1.82) is 0 Å². The zero-order valence-electron chi connectivity index (χ0n) is 8.13. The molecule has 0 saturated heterocycles. The molecule has 1 aliphatic rings. The number of nitrogen functional groups attached to an aromatic ring is 1. The number of nitrogens with zero attached hydrogens (tertiary/aromatic N) is 1. The number of aromatic amines is 1. The van der Waals surface area contributed by atoms with Crippen LogP contribution in [0.3, 0.4) is 0 Å². The van der Waals surface area contributed by atoms with Gasteiger partial charge in [-0.05, 0) is 26.2 Å². The number of anilines is 1. The highest BCUT2D eigenvalue weighted by Crippen LogP contribution is 2.20. The Kier molecular flexibility index (Phi) is 2.15. The average Bonchev–Trinajstić information content (AvgIpc) is 2.39. The second-order valence-electron chi connectivity index (χ2n) is 3.71. The van der Waals surface area contributed by atoms with E-state index in [2.05, 4.69) is 15.5 Å². The Balaban J connectivity index is 2.09. The zero-order valence-corrected chi connectivity index (χ0v) is 8.13. The van der Waals surface area contributed by atoms with E-state index in [1.54, 1.807) is 6.92 Å². The van der Waals surface area contributed by atoms with Crippen molar-refractivity contribution in [2.75, 3.05) is 5.73 Å². The van der Waals surface area contributed by atoms with Crippen LogP contribution in [0.2, 0.25) is 0 Å². The minimum atomic E-state index is -0.113. The predicted octanol–water partition coefficient (Wildman–Crippen LogP) is 0.583. The van der Waals surface area contributed by atoms with Crippen molar-refractivity contribution in [2.45, 2.75) is 32.2 Å². The maximum atomic E-state index is 11.7. The second kappa shape index (κ2) is 3.32. The van der Waals surface area contributed by atoms with Crippen molar-refractivity contribution in [1.82, 2.24) is 15.5 Å². The third kappa shape index (κ3) is 1.45. The molecular formula is C9H14N4O. The van der Waals surface area contributed by atoms with Crippen LogP contribution in [-0.4, -0.2) is 22.1 Å². The number of carbonyl (C=O) groups is 1. The first-order chi connectivity index (χ1) is 6.68. The van der Waals surface area contributed by atoms with Gasteiger partial charge in [-0.15, -0.1) is 0 Å². The van der Waals surface area contributed by atoms with Crippen LogP contribution in [0.15, 0.2) is 0 Å². The number of H-pyrrole nitrogens is 1. The summed E-state index contributed by atoms with van der Waals surface area (Å²) in [6.45, 7) is 1.79. The molecular weight excluding hydrogens is 180 g/mol. The topological polar surface area (TPSA) is 83.8 Å². The summed E-state index contributed by atoms with van der Waals surface area (Å²) < 4.78 is 0. The molecule has 1 aromatic heterocycles. The SMILES string of the molecule is Cc1[nH]nc(N)c1C(=O)NC1CCC1. The highest BCUT2D eigenvalue weighted by molar-refractivity contribution is 5.99. The minimum absolute atomic E-state index is 0.113. The van der Waals surface area contributed by atoms with E-state index in [0.717, 1.165) is 18.5 Å². The molecule has 1 saturated carbocycles. The van der Waals surface area contributed by atoms with Crippen molar-refractivity contribution in [3.8, 4) is 0 Å². The zero-order chi connectivity index (χ0) is 10.1. The third-order valence-corrected chi connectivity index (χ3v) is 2.64. The van der Waals surface area contributed by atoms with Crippen LogP contribution >= 0.6 is 0 Å². The number of aromatic nitrogens is 2. The van der Waals surface area contributed by atoms with Gasteiger partial charge in [-0.2, -0.15) is 5.10 Å². The fourth-order valence-corrected chi connectivity index (χ4v) is 1.54. The summed E-state index contributed by atoms with van der Waals surface area (Å²) in [4.78, 5) is 11.7. The van der Waals surface area contributed by atoms with Crippen LogP contribution < -0.4 is 11.1 Å². The Morgan fingerprint density at radius 1 is 1.64 bits per heavy atom. The summed E-state index contributed by atoms with van der Waals surface area (Å²) in [7, 11) is 0. The lowest BCUT2D eigenvalue weighted by Crippen LogP contribution is -2.39. The molecule has 76 valence electrons. The summed E-state index contributed by atoms with van der Waals surface area (Å²) in [5.74, 6) is 0.165. The third-order valence-electron chi connectivity index (χ3n) is 2.64. The molecule has 1 aromatic rings. The van der Waals surface area contributed by atoms with Gasteiger partial charge in [-0.25, -0.2) is 0 Å². The molecule has 2 rings (SSSR count). The molecule has 5 heteroatoms. The lowest BCUT2D eigenvalue weighted by atomic mass is 9.93. The van der Waals surface area contributed by atoms with E-state index in [1.807, 2.05) is 0 Å². The Morgan fingerprint density at radius 2 is 2.36 bits per heavy atom. The Labute approximate surface area is 82.1 Å². The molecule has 1 heterocycles. The van der Waals surface area contributed by atoms with Crippen molar-refractivity contribution >= 4 is 11.7 Å².